The van der Waals surface area contributed by atoms with E-state index >= 15 is 4.39 Å². The minimum Gasteiger partial charge on any atom is -0.491 e. The van der Waals surface area contributed by atoms with E-state index in [0.717, 1.165) is 19.2 Å². The highest BCUT2D eigenvalue weighted by Gasteiger charge is 2.60. The number of aromatic amines is 1. The molecule has 0 spiro atoms. The summed E-state index contributed by atoms with van der Waals surface area (Å²) < 4.78 is 78.3. The van der Waals surface area contributed by atoms with E-state index in [-0.39, 0.29) is 10.8 Å². The second-order valence-electron chi connectivity index (χ2n) is 8.47. The number of anilines is 1. The Morgan fingerprint density at radius 2 is 1.86 bits per heavy atom. The molecule has 2 aromatic carbocycles. The van der Waals surface area contributed by atoms with Gasteiger partial charge in [0.05, 0.1) is 18.7 Å². The highest BCUT2D eigenvalue weighted by atomic mass is 32.2. The average Bonchev–Trinajstić information content (AvgIpc) is 3.26. The zero-order chi connectivity index (χ0) is 27.0. The maximum absolute atomic E-state index is 15.4. The number of imidazole rings is 1. The van der Waals surface area contributed by atoms with Gasteiger partial charge < -0.3 is 20.1 Å². The summed E-state index contributed by atoms with van der Waals surface area (Å²) >= 11 is 0.616. The Balaban J connectivity index is 1.88. The minimum absolute atomic E-state index is 0.140. The number of hydrogen-bond acceptors (Lipinski definition) is 6. The van der Waals surface area contributed by atoms with Gasteiger partial charge in [-0.3, -0.25) is 4.98 Å². The van der Waals surface area contributed by atoms with Gasteiger partial charge in [-0.25, -0.2) is 13.8 Å². The minimum atomic E-state index is -5.24. The lowest BCUT2D eigenvalue weighted by atomic mass is 9.88. The van der Waals surface area contributed by atoms with Crippen molar-refractivity contribution in [1.82, 2.24) is 15.0 Å². The number of ether oxygens (including phenoxy) is 1. The molecular formula is C25H23F5N4O2S. The number of H-pyrrole nitrogens is 1. The summed E-state index contributed by atoms with van der Waals surface area (Å²) in [4.78, 5) is 11.2. The number of halogens is 5. The van der Waals surface area contributed by atoms with E-state index < -0.39 is 46.5 Å². The van der Waals surface area contributed by atoms with E-state index in [1.54, 1.807) is 38.1 Å². The molecule has 37 heavy (non-hydrogen) atoms. The summed E-state index contributed by atoms with van der Waals surface area (Å²) in [5.41, 5.74) is -2.22. The van der Waals surface area contributed by atoms with Crippen molar-refractivity contribution in [3.8, 4) is 5.75 Å². The van der Waals surface area contributed by atoms with Crippen molar-refractivity contribution < 1.29 is 31.8 Å². The summed E-state index contributed by atoms with van der Waals surface area (Å²) in [7, 11) is 0.997. The predicted octanol–water partition coefficient (Wildman–Crippen LogP) is 6.10. The molecule has 0 radical (unpaired) electrons. The number of alkyl halides is 3. The third kappa shape index (κ3) is 5.21. The van der Waals surface area contributed by atoms with Gasteiger partial charge in [0, 0.05) is 40.0 Å². The number of methoxy groups -OCH3 is 1. The number of benzene rings is 2. The lowest BCUT2D eigenvalue weighted by Crippen LogP contribution is -2.55. The Morgan fingerprint density at radius 3 is 2.51 bits per heavy atom. The standard InChI is InChI=1S/C25H23F5N4O2S/c1-13-7-8-15-18(32-13)5-4-6-19(15)34-22(16-9-10-17(26)21(36-3)20(16)27)24(35,25(28,29)30)12-37-23-31-11-14(2)33-23/h4-11,22,34-35H,12H2,1-3H3,(H,31,33). The molecule has 2 unspecified atom stereocenters. The fraction of sp³-hybridized carbons (Fsp3) is 0.280. The molecule has 2 aromatic heterocycles. The van der Waals surface area contributed by atoms with E-state index in [0.29, 0.717) is 34.1 Å². The topological polar surface area (TPSA) is 83.1 Å². The van der Waals surface area contributed by atoms with Crippen LogP contribution in [0.4, 0.5) is 27.6 Å². The summed E-state index contributed by atoms with van der Waals surface area (Å²) in [5, 5.41) is 14.6. The Morgan fingerprint density at radius 1 is 1.11 bits per heavy atom. The first-order valence-electron chi connectivity index (χ1n) is 11.0. The molecule has 0 saturated carbocycles. The van der Waals surface area contributed by atoms with Crippen molar-refractivity contribution in [2.75, 3.05) is 18.2 Å². The van der Waals surface area contributed by atoms with Crippen molar-refractivity contribution in [3.05, 3.63) is 77.2 Å². The average molecular weight is 539 g/mol. The maximum atomic E-state index is 15.4. The molecule has 0 fully saturated rings. The van der Waals surface area contributed by atoms with Gasteiger partial charge in [0.2, 0.25) is 0 Å². The number of aryl methyl sites for hydroxylation is 2. The first-order valence-corrected chi connectivity index (χ1v) is 12.0. The summed E-state index contributed by atoms with van der Waals surface area (Å²) in [6.45, 7) is 3.44. The van der Waals surface area contributed by atoms with Gasteiger partial charge in [-0.2, -0.15) is 13.2 Å². The number of aliphatic hydroxyl groups is 1. The van der Waals surface area contributed by atoms with E-state index in [4.69, 9.17) is 4.74 Å². The number of thioether (sulfide) groups is 1. The van der Waals surface area contributed by atoms with E-state index in [9.17, 15) is 22.7 Å². The second-order valence-corrected chi connectivity index (χ2v) is 9.43. The molecule has 0 bridgehead atoms. The van der Waals surface area contributed by atoms with Crippen molar-refractivity contribution in [3.63, 3.8) is 0 Å². The fourth-order valence-electron chi connectivity index (χ4n) is 3.92. The molecule has 3 N–H and O–H groups in total. The highest BCUT2D eigenvalue weighted by Crippen LogP contribution is 2.46. The van der Waals surface area contributed by atoms with Crippen LogP contribution in [0.2, 0.25) is 0 Å². The number of pyridine rings is 1. The quantitative estimate of drug-likeness (QED) is 0.186. The molecule has 0 aliphatic rings. The molecule has 0 saturated heterocycles. The Hall–Kier alpha value is -3.38. The van der Waals surface area contributed by atoms with Crippen molar-refractivity contribution >= 4 is 28.4 Å². The van der Waals surface area contributed by atoms with Gasteiger partial charge in [-0.1, -0.05) is 23.9 Å². The fourth-order valence-corrected chi connectivity index (χ4v) is 4.97. The third-order valence-corrected chi connectivity index (χ3v) is 6.91. The zero-order valence-electron chi connectivity index (χ0n) is 20.0. The third-order valence-electron chi connectivity index (χ3n) is 5.84. The first-order chi connectivity index (χ1) is 17.4. The van der Waals surface area contributed by atoms with Crippen LogP contribution >= 0.6 is 11.8 Å². The number of fused-ring (bicyclic) bond motifs is 1. The number of rotatable bonds is 8. The van der Waals surface area contributed by atoms with Crippen LogP contribution in [0.25, 0.3) is 10.9 Å². The van der Waals surface area contributed by atoms with Gasteiger partial charge in [-0.15, -0.1) is 0 Å². The number of hydrogen-bond donors (Lipinski definition) is 3. The SMILES string of the molecule is COc1c(F)ccc(C(Nc2cccc3nc(C)ccc23)C(O)(CSc2ncc(C)[nH]2)C(F)(F)F)c1F. The molecule has 4 rings (SSSR count). The van der Waals surface area contributed by atoms with Crippen molar-refractivity contribution in [2.24, 2.45) is 0 Å². The van der Waals surface area contributed by atoms with Crippen LogP contribution in [0.3, 0.4) is 0 Å². The van der Waals surface area contributed by atoms with Crippen LogP contribution in [0.5, 0.6) is 5.75 Å². The molecule has 0 aliphatic heterocycles. The van der Waals surface area contributed by atoms with Gasteiger partial charge in [0.1, 0.15) is 0 Å². The van der Waals surface area contributed by atoms with Crippen LogP contribution in [0.1, 0.15) is 23.0 Å². The summed E-state index contributed by atoms with van der Waals surface area (Å²) in [5.74, 6) is -4.28. The molecule has 6 nitrogen and oxygen atoms in total. The lowest BCUT2D eigenvalue weighted by Gasteiger charge is -2.39. The summed E-state index contributed by atoms with van der Waals surface area (Å²) in [6, 6.07) is 7.61. The Bertz CT molecular complexity index is 1430. The molecule has 2 heterocycles. The van der Waals surface area contributed by atoms with Gasteiger partial charge in [-0.05, 0) is 44.2 Å². The molecule has 196 valence electrons. The Labute approximate surface area is 213 Å². The van der Waals surface area contributed by atoms with Crippen LogP contribution in [-0.2, 0) is 0 Å². The van der Waals surface area contributed by atoms with Crippen LogP contribution in [0.15, 0.2) is 53.8 Å². The number of aromatic nitrogens is 3. The smallest absolute Gasteiger partial charge is 0.420 e. The predicted molar refractivity (Wildman–Crippen MR) is 131 cm³/mol. The largest absolute Gasteiger partial charge is 0.491 e. The van der Waals surface area contributed by atoms with Gasteiger partial charge in [0.25, 0.3) is 0 Å². The highest BCUT2D eigenvalue weighted by molar-refractivity contribution is 7.99. The zero-order valence-corrected chi connectivity index (χ0v) is 20.8. The van der Waals surface area contributed by atoms with E-state index in [2.05, 4.69) is 20.3 Å². The van der Waals surface area contributed by atoms with Crippen molar-refractivity contribution in [1.29, 1.82) is 0 Å². The van der Waals surface area contributed by atoms with E-state index in [1.807, 2.05) is 0 Å². The first kappa shape index (κ1) is 26.7. The van der Waals surface area contributed by atoms with Crippen LogP contribution < -0.4 is 10.1 Å². The molecule has 12 heteroatoms. The maximum Gasteiger partial charge on any atom is 0.420 e. The Kier molecular flexibility index (Phi) is 7.33. The number of nitrogens with one attached hydrogen (secondary N) is 2. The normalized spacial score (nSPS) is 14.4. The molecule has 0 amide bonds. The molecule has 0 aliphatic carbocycles. The molecule has 2 atom stereocenters. The second kappa shape index (κ2) is 10.2. The monoisotopic (exact) mass is 538 g/mol. The number of nitrogens with zero attached hydrogens (tertiary/aromatic N) is 2. The lowest BCUT2D eigenvalue weighted by molar-refractivity contribution is -0.256. The van der Waals surface area contributed by atoms with Crippen LogP contribution in [0, 0.1) is 25.5 Å². The van der Waals surface area contributed by atoms with Crippen LogP contribution in [-0.4, -0.2) is 44.7 Å². The van der Waals surface area contributed by atoms with Gasteiger partial charge >= 0.3 is 6.18 Å². The summed E-state index contributed by atoms with van der Waals surface area (Å²) in [6.07, 6.45) is -3.81. The van der Waals surface area contributed by atoms with Gasteiger partial charge in [0.15, 0.2) is 28.1 Å². The molecule has 4 aromatic rings. The molecular weight excluding hydrogens is 515 g/mol. The van der Waals surface area contributed by atoms with Crippen molar-refractivity contribution in [2.45, 2.75) is 36.8 Å². The van der Waals surface area contributed by atoms with E-state index in [1.165, 1.54) is 12.3 Å².